The molecule has 1 N–H and O–H groups in total. The summed E-state index contributed by atoms with van der Waals surface area (Å²) >= 11 is 0. The lowest BCUT2D eigenvalue weighted by atomic mass is 10.1. The predicted molar refractivity (Wildman–Crippen MR) is 72.1 cm³/mol. The van der Waals surface area contributed by atoms with Gasteiger partial charge in [-0.1, -0.05) is 12.1 Å². The van der Waals surface area contributed by atoms with Gasteiger partial charge < -0.3 is 19.5 Å². The van der Waals surface area contributed by atoms with Gasteiger partial charge in [-0.3, -0.25) is 0 Å². The Kier molecular flexibility index (Phi) is 3.99. The number of benzene rings is 1. The van der Waals surface area contributed by atoms with Crippen molar-refractivity contribution in [3.05, 3.63) is 35.4 Å². The fourth-order valence-corrected chi connectivity index (χ4v) is 2.84. The average Bonchev–Trinajstić information content (AvgIpc) is 3.07. The van der Waals surface area contributed by atoms with Gasteiger partial charge in [0.05, 0.1) is 30.9 Å². The van der Waals surface area contributed by atoms with Crippen LogP contribution in [0, 0.1) is 11.3 Å². The first-order chi connectivity index (χ1) is 9.81. The Hall–Kier alpha value is -1.45. The molecule has 2 heterocycles. The normalized spacial score (nSPS) is 32.0. The second kappa shape index (κ2) is 5.90. The van der Waals surface area contributed by atoms with Gasteiger partial charge in [0.25, 0.3) is 0 Å². The molecule has 2 saturated heterocycles. The van der Waals surface area contributed by atoms with Crippen LogP contribution in [0.1, 0.15) is 11.1 Å². The van der Waals surface area contributed by atoms with Crippen LogP contribution >= 0.6 is 0 Å². The number of nitrogens with zero attached hydrogens (tertiary/aromatic N) is 1. The fourth-order valence-electron chi connectivity index (χ4n) is 2.84. The molecular formula is C15H18N2O3. The van der Waals surface area contributed by atoms with Crippen molar-refractivity contribution in [2.75, 3.05) is 20.3 Å². The molecule has 2 fully saturated rings. The minimum Gasteiger partial charge on any atom is -0.376 e. The van der Waals surface area contributed by atoms with E-state index in [1.807, 2.05) is 24.3 Å². The minimum absolute atomic E-state index is 0.0305. The summed E-state index contributed by atoms with van der Waals surface area (Å²) in [6.07, 6.45) is 0.121. The third-order valence-electron chi connectivity index (χ3n) is 3.94. The van der Waals surface area contributed by atoms with E-state index in [1.54, 1.807) is 7.11 Å². The number of fused-ring (bicyclic) bond motifs is 1. The first-order valence-corrected chi connectivity index (χ1v) is 6.80. The van der Waals surface area contributed by atoms with Gasteiger partial charge in [0, 0.05) is 13.7 Å². The largest absolute Gasteiger partial charge is 0.376 e. The average molecular weight is 274 g/mol. The van der Waals surface area contributed by atoms with E-state index in [9.17, 15) is 0 Å². The summed E-state index contributed by atoms with van der Waals surface area (Å²) in [6.45, 7) is 1.93. The SMILES string of the molecule is CO[C@@H]1CO[C@H]2[C@@H]1OC[C@@H]2NCc1cccc(C#N)c1. The van der Waals surface area contributed by atoms with Crippen LogP contribution in [0.25, 0.3) is 0 Å². The molecule has 4 atom stereocenters. The first-order valence-electron chi connectivity index (χ1n) is 6.80. The molecular weight excluding hydrogens is 256 g/mol. The van der Waals surface area contributed by atoms with Crippen LogP contribution in [0.4, 0.5) is 0 Å². The highest BCUT2D eigenvalue weighted by atomic mass is 16.6. The second-order valence-electron chi connectivity index (χ2n) is 5.17. The van der Waals surface area contributed by atoms with Gasteiger partial charge >= 0.3 is 0 Å². The monoisotopic (exact) mass is 274 g/mol. The molecule has 2 aliphatic rings. The molecule has 0 amide bonds. The molecule has 3 rings (SSSR count). The van der Waals surface area contributed by atoms with E-state index in [0.29, 0.717) is 25.3 Å². The second-order valence-corrected chi connectivity index (χ2v) is 5.17. The van der Waals surface area contributed by atoms with Crippen LogP contribution in [0.15, 0.2) is 24.3 Å². The Morgan fingerprint density at radius 1 is 1.35 bits per heavy atom. The lowest BCUT2D eigenvalue weighted by Gasteiger charge is -2.17. The molecule has 0 unspecified atom stereocenters. The van der Waals surface area contributed by atoms with Crippen molar-refractivity contribution in [2.24, 2.45) is 0 Å². The van der Waals surface area contributed by atoms with Crippen LogP contribution < -0.4 is 5.32 Å². The zero-order valence-corrected chi connectivity index (χ0v) is 11.4. The van der Waals surface area contributed by atoms with E-state index in [0.717, 1.165) is 5.56 Å². The highest BCUT2D eigenvalue weighted by molar-refractivity contribution is 5.32. The van der Waals surface area contributed by atoms with Crippen molar-refractivity contribution in [3.63, 3.8) is 0 Å². The molecule has 0 bridgehead atoms. The van der Waals surface area contributed by atoms with E-state index < -0.39 is 0 Å². The summed E-state index contributed by atoms with van der Waals surface area (Å²) in [5, 5.41) is 12.3. The summed E-state index contributed by atoms with van der Waals surface area (Å²) in [5.74, 6) is 0. The third-order valence-corrected chi connectivity index (χ3v) is 3.94. The molecule has 5 heteroatoms. The maximum absolute atomic E-state index is 8.90. The molecule has 1 aromatic rings. The van der Waals surface area contributed by atoms with E-state index in [4.69, 9.17) is 19.5 Å². The smallest absolute Gasteiger partial charge is 0.114 e. The van der Waals surface area contributed by atoms with Gasteiger partial charge in [0.1, 0.15) is 18.3 Å². The van der Waals surface area contributed by atoms with Crippen LogP contribution in [0.3, 0.4) is 0 Å². The Morgan fingerprint density at radius 2 is 2.20 bits per heavy atom. The molecule has 0 saturated carbocycles. The van der Waals surface area contributed by atoms with E-state index in [-0.39, 0.29) is 24.4 Å². The topological polar surface area (TPSA) is 63.5 Å². The number of methoxy groups -OCH3 is 1. The first kappa shape index (κ1) is 13.5. The highest BCUT2D eigenvalue weighted by Crippen LogP contribution is 2.28. The quantitative estimate of drug-likeness (QED) is 0.881. The van der Waals surface area contributed by atoms with Crippen LogP contribution in [0.5, 0.6) is 0 Å². The molecule has 0 spiro atoms. The molecule has 0 radical (unpaired) electrons. The number of nitrogens with one attached hydrogen (secondary N) is 1. The number of nitriles is 1. The maximum Gasteiger partial charge on any atom is 0.114 e. The van der Waals surface area contributed by atoms with Crippen molar-refractivity contribution in [2.45, 2.75) is 30.9 Å². The van der Waals surface area contributed by atoms with Crippen molar-refractivity contribution in [1.29, 1.82) is 5.26 Å². The summed E-state index contributed by atoms with van der Waals surface area (Å²) in [6, 6.07) is 9.94. The summed E-state index contributed by atoms with van der Waals surface area (Å²) in [5.41, 5.74) is 1.77. The summed E-state index contributed by atoms with van der Waals surface area (Å²) in [4.78, 5) is 0. The van der Waals surface area contributed by atoms with Gasteiger partial charge in [-0.2, -0.15) is 5.26 Å². The molecule has 0 aromatic heterocycles. The molecule has 106 valence electrons. The number of rotatable bonds is 4. The maximum atomic E-state index is 8.90. The van der Waals surface area contributed by atoms with Gasteiger partial charge in [0.2, 0.25) is 0 Å². The van der Waals surface area contributed by atoms with E-state index in [2.05, 4.69) is 11.4 Å². The predicted octanol–water partition coefficient (Wildman–Crippen LogP) is 0.829. The van der Waals surface area contributed by atoms with Crippen molar-refractivity contribution < 1.29 is 14.2 Å². The van der Waals surface area contributed by atoms with Gasteiger partial charge in [-0.05, 0) is 17.7 Å². The van der Waals surface area contributed by atoms with Crippen LogP contribution in [-0.2, 0) is 20.8 Å². The highest BCUT2D eigenvalue weighted by Gasteiger charge is 2.47. The number of hydrogen-bond donors (Lipinski definition) is 1. The Bertz CT molecular complexity index is 514. The van der Waals surface area contributed by atoms with Crippen molar-refractivity contribution in [1.82, 2.24) is 5.32 Å². The third kappa shape index (κ3) is 2.56. The number of hydrogen-bond acceptors (Lipinski definition) is 5. The van der Waals surface area contributed by atoms with E-state index in [1.165, 1.54) is 0 Å². The van der Waals surface area contributed by atoms with Gasteiger partial charge in [0.15, 0.2) is 0 Å². The molecule has 2 aliphatic heterocycles. The Balaban J connectivity index is 1.58. The lowest BCUT2D eigenvalue weighted by molar-refractivity contribution is -0.00824. The summed E-state index contributed by atoms with van der Waals surface area (Å²) in [7, 11) is 1.69. The Labute approximate surface area is 118 Å². The van der Waals surface area contributed by atoms with Crippen LogP contribution in [-0.4, -0.2) is 44.7 Å². The fraction of sp³-hybridized carbons (Fsp3) is 0.533. The van der Waals surface area contributed by atoms with Gasteiger partial charge in [-0.15, -0.1) is 0 Å². The van der Waals surface area contributed by atoms with Crippen molar-refractivity contribution >= 4 is 0 Å². The van der Waals surface area contributed by atoms with Crippen molar-refractivity contribution in [3.8, 4) is 6.07 Å². The standard InChI is InChI=1S/C15H18N2O3/c1-18-13-9-20-14-12(8-19-15(13)14)17-7-11-4-2-3-10(5-11)6-16/h2-5,12-15,17H,7-9H2,1H3/t12-,13+,14+,15+/m0/s1. The van der Waals surface area contributed by atoms with E-state index >= 15 is 0 Å². The van der Waals surface area contributed by atoms with Gasteiger partial charge in [-0.25, -0.2) is 0 Å². The minimum atomic E-state index is 0.0305. The molecule has 20 heavy (non-hydrogen) atoms. The lowest BCUT2D eigenvalue weighted by Crippen LogP contribution is -2.40. The zero-order valence-electron chi connectivity index (χ0n) is 11.4. The summed E-state index contributed by atoms with van der Waals surface area (Å²) < 4.78 is 16.9. The molecule has 5 nitrogen and oxygen atoms in total. The molecule has 1 aromatic carbocycles. The van der Waals surface area contributed by atoms with Crippen LogP contribution in [0.2, 0.25) is 0 Å². The zero-order chi connectivity index (χ0) is 13.9. The Morgan fingerprint density at radius 3 is 3.00 bits per heavy atom. The number of ether oxygens (including phenoxy) is 3. The molecule has 0 aliphatic carbocycles.